The van der Waals surface area contributed by atoms with Crippen molar-refractivity contribution in [3.8, 4) is 0 Å². The zero-order chi connectivity index (χ0) is 20.2. The van der Waals surface area contributed by atoms with Gasteiger partial charge in [-0.1, -0.05) is 6.07 Å². The van der Waals surface area contributed by atoms with Crippen molar-refractivity contribution in [2.45, 2.75) is 13.0 Å². The summed E-state index contributed by atoms with van der Waals surface area (Å²) < 4.78 is 1.24. The van der Waals surface area contributed by atoms with Crippen molar-refractivity contribution in [2.75, 3.05) is 49.5 Å². The van der Waals surface area contributed by atoms with Gasteiger partial charge in [-0.25, -0.2) is 0 Å². The summed E-state index contributed by atoms with van der Waals surface area (Å²) in [5, 5.41) is 12.8. The van der Waals surface area contributed by atoms with Crippen LogP contribution in [0.3, 0.4) is 0 Å². The molecule has 0 bridgehead atoms. The number of fused-ring (bicyclic) bond motifs is 1. The molecule has 2 aromatic carbocycles. The van der Waals surface area contributed by atoms with E-state index in [-0.39, 0.29) is 12.6 Å². The van der Waals surface area contributed by atoms with Crippen LogP contribution in [-0.2, 0) is 0 Å². The van der Waals surface area contributed by atoms with Gasteiger partial charge in [0.15, 0.2) is 0 Å². The molecular weight excluding hydrogens is 475 g/mol. The lowest BCUT2D eigenvalue weighted by Gasteiger charge is -2.38. The van der Waals surface area contributed by atoms with Gasteiger partial charge in [0, 0.05) is 59.6 Å². The van der Waals surface area contributed by atoms with E-state index in [1.807, 2.05) is 6.21 Å². The van der Waals surface area contributed by atoms with E-state index in [1.54, 1.807) is 0 Å². The van der Waals surface area contributed by atoms with E-state index >= 15 is 0 Å². The number of anilines is 2. The summed E-state index contributed by atoms with van der Waals surface area (Å²) in [6, 6.07) is 15.3. The Bertz CT molecular complexity index is 902. The van der Waals surface area contributed by atoms with Crippen LogP contribution in [0, 0.1) is 3.57 Å². The first-order chi connectivity index (χ1) is 14.1. The maximum atomic E-state index is 9.34. The second-order valence-corrected chi connectivity index (χ2v) is 8.86. The molecule has 2 heterocycles. The Kier molecular flexibility index (Phi) is 6.52. The van der Waals surface area contributed by atoms with Gasteiger partial charge in [0.1, 0.15) is 0 Å². The van der Waals surface area contributed by atoms with E-state index in [0.717, 1.165) is 31.9 Å². The van der Waals surface area contributed by atoms with Gasteiger partial charge in [0.2, 0.25) is 0 Å². The first kappa shape index (κ1) is 20.4. The molecule has 0 amide bonds. The molecule has 0 radical (unpaired) electrons. The number of piperazine rings is 1. The van der Waals surface area contributed by atoms with E-state index in [0.29, 0.717) is 6.54 Å². The molecule has 0 spiro atoms. The normalized spacial score (nSPS) is 19.3. The Morgan fingerprint density at radius 3 is 2.62 bits per heavy atom. The largest absolute Gasteiger partial charge is 0.395 e. The standard InChI is InChI=1S/C23H27IN4O/c1-17(16-29)27-8-10-28(11-9-27)22-6-4-21(5-7-22)26-15-19-14-25-13-18-2-3-20(24)12-23(18)19/h2-7,12-13,15,17,26,29H,8-11,14,16H2,1H3/b19-15+. The second kappa shape index (κ2) is 9.28. The Balaban J connectivity index is 1.39. The number of nitrogens with one attached hydrogen (secondary N) is 1. The smallest absolute Gasteiger partial charge is 0.0660 e. The van der Waals surface area contributed by atoms with E-state index in [4.69, 9.17) is 0 Å². The molecule has 29 heavy (non-hydrogen) atoms. The topological polar surface area (TPSA) is 51.1 Å². The van der Waals surface area contributed by atoms with Gasteiger partial charge in [-0.15, -0.1) is 0 Å². The number of aliphatic imine (C=N–C) groups is 1. The van der Waals surface area contributed by atoms with E-state index in [1.165, 1.54) is 26.0 Å². The van der Waals surface area contributed by atoms with Gasteiger partial charge in [-0.3, -0.25) is 9.89 Å². The number of halogens is 1. The third kappa shape index (κ3) is 4.82. The molecule has 1 saturated heterocycles. The first-order valence-electron chi connectivity index (χ1n) is 10.1. The quantitative estimate of drug-likeness (QED) is 0.613. The molecule has 1 fully saturated rings. The lowest BCUT2D eigenvalue weighted by atomic mass is 9.99. The molecule has 0 aromatic heterocycles. The van der Waals surface area contributed by atoms with E-state index < -0.39 is 0 Å². The lowest BCUT2D eigenvalue weighted by molar-refractivity contribution is 0.128. The maximum Gasteiger partial charge on any atom is 0.0660 e. The minimum atomic E-state index is 0.227. The molecule has 0 saturated carbocycles. The van der Waals surface area contributed by atoms with Crippen molar-refractivity contribution >= 4 is 45.8 Å². The number of nitrogens with zero attached hydrogens (tertiary/aromatic N) is 3. The van der Waals surface area contributed by atoms with Crippen LogP contribution in [0.4, 0.5) is 11.4 Å². The molecule has 1 atom stereocenters. The highest BCUT2D eigenvalue weighted by molar-refractivity contribution is 14.1. The van der Waals surface area contributed by atoms with Crippen molar-refractivity contribution in [3.05, 3.63) is 63.4 Å². The van der Waals surface area contributed by atoms with Crippen LogP contribution >= 0.6 is 22.6 Å². The Morgan fingerprint density at radius 1 is 1.14 bits per heavy atom. The van der Waals surface area contributed by atoms with Crippen molar-refractivity contribution in [2.24, 2.45) is 4.99 Å². The van der Waals surface area contributed by atoms with E-state index in [9.17, 15) is 5.11 Å². The molecule has 2 N–H and O–H groups in total. The zero-order valence-corrected chi connectivity index (χ0v) is 18.8. The first-order valence-corrected chi connectivity index (χ1v) is 11.2. The summed E-state index contributed by atoms with van der Waals surface area (Å²) in [5.74, 6) is 0. The van der Waals surface area contributed by atoms with Crippen LogP contribution in [0.15, 0.2) is 53.7 Å². The third-order valence-electron chi connectivity index (χ3n) is 5.70. The van der Waals surface area contributed by atoms with Crippen LogP contribution in [0.25, 0.3) is 5.57 Å². The fourth-order valence-electron chi connectivity index (χ4n) is 3.85. The number of aliphatic hydroxyl groups is 1. The fourth-order valence-corrected chi connectivity index (χ4v) is 4.34. The maximum absolute atomic E-state index is 9.34. The van der Waals surface area contributed by atoms with Crippen LogP contribution < -0.4 is 10.2 Å². The fraction of sp³-hybridized carbons (Fsp3) is 0.348. The van der Waals surface area contributed by atoms with Gasteiger partial charge in [0.05, 0.1) is 13.2 Å². The predicted octanol–water partition coefficient (Wildman–Crippen LogP) is 3.68. The number of benzene rings is 2. The molecule has 6 heteroatoms. The van der Waals surface area contributed by atoms with Gasteiger partial charge in [0.25, 0.3) is 0 Å². The second-order valence-electron chi connectivity index (χ2n) is 7.62. The monoisotopic (exact) mass is 502 g/mol. The molecule has 2 aromatic rings. The highest BCUT2D eigenvalue weighted by Gasteiger charge is 2.20. The Morgan fingerprint density at radius 2 is 1.90 bits per heavy atom. The molecule has 0 aliphatic carbocycles. The van der Waals surface area contributed by atoms with Crippen LogP contribution in [0.5, 0.6) is 0 Å². The molecule has 1 unspecified atom stereocenters. The van der Waals surface area contributed by atoms with Crippen molar-refractivity contribution in [1.29, 1.82) is 0 Å². The van der Waals surface area contributed by atoms with E-state index in [2.05, 4.69) is 98.3 Å². The predicted molar refractivity (Wildman–Crippen MR) is 130 cm³/mol. The minimum absolute atomic E-state index is 0.227. The third-order valence-corrected chi connectivity index (χ3v) is 6.37. The summed E-state index contributed by atoms with van der Waals surface area (Å²) >= 11 is 2.36. The van der Waals surface area contributed by atoms with Crippen molar-refractivity contribution in [3.63, 3.8) is 0 Å². The molecule has 2 aliphatic heterocycles. The van der Waals surface area contributed by atoms with Crippen molar-refractivity contribution in [1.82, 2.24) is 4.90 Å². The SMILES string of the molecule is CC(CO)N1CCN(c2ccc(N/C=C3\CN=Cc4ccc(I)cc43)cc2)CC1. The number of hydrogen-bond acceptors (Lipinski definition) is 5. The van der Waals surface area contributed by atoms with Crippen molar-refractivity contribution < 1.29 is 5.11 Å². The Hall–Kier alpha value is -1.90. The van der Waals surface area contributed by atoms with Crippen LogP contribution in [0.2, 0.25) is 0 Å². The van der Waals surface area contributed by atoms with Crippen LogP contribution in [-0.4, -0.2) is 61.6 Å². The molecule has 2 aliphatic rings. The number of rotatable bonds is 5. The van der Waals surface area contributed by atoms with Gasteiger partial charge in [-0.2, -0.15) is 0 Å². The number of aliphatic hydroxyl groups excluding tert-OH is 1. The molecular formula is C23H27IN4O. The van der Waals surface area contributed by atoms with Gasteiger partial charge >= 0.3 is 0 Å². The minimum Gasteiger partial charge on any atom is -0.395 e. The zero-order valence-electron chi connectivity index (χ0n) is 16.7. The summed E-state index contributed by atoms with van der Waals surface area (Å²) in [6.45, 7) is 6.99. The summed E-state index contributed by atoms with van der Waals surface area (Å²) in [7, 11) is 0. The Labute approximate surface area is 186 Å². The average Bonchev–Trinajstić information content (AvgIpc) is 2.77. The lowest BCUT2D eigenvalue weighted by Crippen LogP contribution is -2.50. The van der Waals surface area contributed by atoms with Crippen LogP contribution in [0.1, 0.15) is 18.1 Å². The average molecular weight is 502 g/mol. The van der Waals surface area contributed by atoms with Gasteiger partial charge in [-0.05, 0) is 82.6 Å². The number of hydrogen-bond donors (Lipinski definition) is 2. The molecule has 5 nitrogen and oxygen atoms in total. The molecule has 4 rings (SSSR count). The summed E-state index contributed by atoms with van der Waals surface area (Å²) in [6.07, 6.45) is 4.04. The molecule has 152 valence electrons. The summed E-state index contributed by atoms with van der Waals surface area (Å²) in [5.41, 5.74) is 5.97. The highest BCUT2D eigenvalue weighted by Crippen LogP contribution is 2.25. The summed E-state index contributed by atoms with van der Waals surface area (Å²) in [4.78, 5) is 9.24. The van der Waals surface area contributed by atoms with Gasteiger partial charge < -0.3 is 15.3 Å². The highest BCUT2D eigenvalue weighted by atomic mass is 127.